The minimum Gasteiger partial charge on any atom is -0.507 e. The number of carbonyl (C=O) groups is 2. The first kappa shape index (κ1) is 23.3. The second kappa shape index (κ2) is 9.44. The van der Waals surface area contributed by atoms with Gasteiger partial charge in [0.2, 0.25) is 0 Å². The third kappa shape index (κ3) is 5.67. The molecule has 0 fully saturated rings. The van der Waals surface area contributed by atoms with Crippen molar-refractivity contribution in [2.75, 3.05) is 0 Å². The summed E-state index contributed by atoms with van der Waals surface area (Å²) in [7, 11) is 0. The first-order chi connectivity index (χ1) is 15.0. The van der Waals surface area contributed by atoms with Gasteiger partial charge in [-0.1, -0.05) is 46.3 Å². The van der Waals surface area contributed by atoms with Crippen LogP contribution < -0.4 is 5.32 Å². The van der Waals surface area contributed by atoms with E-state index in [9.17, 15) is 33.0 Å². The van der Waals surface area contributed by atoms with E-state index in [1.165, 1.54) is 30.3 Å². The van der Waals surface area contributed by atoms with Gasteiger partial charge in [0, 0.05) is 10.9 Å². The molecule has 3 rings (SSSR count). The van der Waals surface area contributed by atoms with Crippen LogP contribution in [0.25, 0.3) is 11.1 Å². The molecule has 5 nitrogen and oxygen atoms in total. The highest BCUT2D eigenvalue weighted by Crippen LogP contribution is 2.32. The van der Waals surface area contributed by atoms with Crippen LogP contribution in [0, 0.1) is 0 Å². The number of alkyl halides is 3. The number of nitrogens with one attached hydrogen (secondary N) is 1. The van der Waals surface area contributed by atoms with Crippen molar-refractivity contribution in [3.8, 4) is 16.9 Å². The van der Waals surface area contributed by atoms with Gasteiger partial charge in [0.1, 0.15) is 11.8 Å². The number of carboxylic acid groups (broad SMARTS) is 1. The lowest BCUT2D eigenvalue weighted by Gasteiger charge is -2.16. The van der Waals surface area contributed by atoms with E-state index in [4.69, 9.17) is 0 Å². The standard InChI is InChI=1S/C23H17BrF3NO4/c24-17-8-1-13(2-9-17)11-19(22(31)32)28-21(30)18-12-15(5-10-20(18)29)14-3-6-16(7-4-14)23(25,26)27/h1-10,12,19,29H,11H2,(H,28,30)(H,31,32). The molecule has 0 bridgehead atoms. The van der Waals surface area contributed by atoms with Crippen LogP contribution in [0.2, 0.25) is 0 Å². The number of rotatable bonds is 6. The Balaban J connectivity index is 1.82. The molecule has 0 aromatic heterocycles. The number of hydrogen-bond acceptors (Lipinski definition) is 3. The molecule has 0 saturated carbocycles. The Morgan fingerprint density at radius 3 is 2.09 bits per heavy atom. The predicted octanol–water partition coefficient (Wildman–Crippen LogP) is 5.27. The molecule has 0 aliphatic carbocycles. The molecule has 3 aromatic rings. The number of aromatic hydroxyl groups is 1. The fraction of sp³-hybridized carbons (Fsp3) is 0.130. The van der Waals surface area contributed by atoms with Gasteiger partial charge in [-0.15, -0.1) is 0 Å². The average molecular weight is 508 g/mol. The lowest BCUT2D eigenvalue weighted by atomic mass is 10.00. The molecule has 1 amide bonds. The number of carbonyl (C=O) groups excluding carboxylic acids is 1. The number of phenolic OH excluding ortho intramolecular Hbond substituents is 1. The first-order valence-corrected chi connectivity index (χ1v) is 10.1. The summed E-state index contributed by atoms with van der Waals surface area (Å²) in [6, 6.07) is 14.0. The van der Waals surface area contributed by atoms with Crippen molar-refractivity contribution in [3.05, 3.63) is 87.9 Å². The van der Waals surface area contributed by atoms with E-state index >= 15 is 0 Å². The lowest BCUT2D eigenvalue weighted by Crippen LogP contribution is -2.42. The van der Waals surface area contributed by atoms with Crippen molar-refractivity contribution in [2.24, 2.45) is 0 Å². The molecule has 0 saturated heterocycles. The van der Waals surface area contributed by atoms with Crippen LogP contribution in [0.1, 0.15) is 21.5 Å². The lowest BCUT2D eigenvalue weighted by molar-refractivity contribution is -0.139. The van der Waals surface area contributed by atoms with E-state index in [1.807, 2.05) is 0 Å². The molecule has 3 N–H and O–H groups in total. The van der Waals surface area contributed by atoms with Gasteiger partial charge in [-0.25, -0.2) is 4.79 Å². The monoisotopic (exact) mass is 507 g/mol. The quantitative estimate of drug-likeness (QED) is 0.424. The highest BCUT2D eigenvalue weighted by Gasteiger charge is 2.30. The predicted molar refractivity (Wildman–Crippen MR) is 115 cm³/mol. The van der Waals surface area contributed by atoms with E-state index < -0.39 is 29.7 Å². The molecule has 166 valence electrons. The number of aliphatic carboxylic acids is 1. The van der Waals surface area contributed by atoms with Crippen molar-refractivity contribution < 1.29 is 33.0 Å². The van der Waals surface area contributed by atoms with Gasteiger partial charge in [0.05, 0.1) is 11.1 Å². The van der Waals surface area contributed by atoms with Crippen LogP contribution in [0.5, 0.6) is 5.75 Å². The second-order valence-electron chi connectivity index (χ2n) is 7.00. The highest BCUT2D eigenvalue weighted by atomic mass is 79.9. The second-order valence-corrected chi connectivity index (χ2v) is 7.92. The minimum absolute atomic E-state index is 0.0215. The summed E-state index contributed by atoms with van der Waals surface area (Å²) in [5, 5.41) is 22.0. The minimum atomic E-state index is -4.47. The maximum atomic E-state index is 12.8. The number of halogens is 4. The van der Waals surface area contributed by atoms with E-state index in [2.05, 4.69) is 21.2 Å². The number of hydrogen-bond donors (Lipinski definition) is 3. The summed E-state index contributed by atoms with van der Waals surface area (Å²) in [6.07, 6.45) is -4.45. The summed E-state index contributed by atoms with van der Waals surface area (Å²) >= 11 is 3.29. The molecule has 3 aromatic carbocycles. The number of carboxylic acids is 1. The van der Waals surface area contributed by atoms with Crippen LogP contribution >= 0.6 is 15.9 Å². The molecule has 0 spiro atoms. The Morgan fingerprint density at radius 1 is 0.938 bits per heavy atom. The van der Waals surface area contributed by atoms with Crippen molar-refractivity contribution in [1.82, 2.24) is 5.32 Å². The molecule has 1 unspecified atom stereocenters. The van der Waals surface area contributed by atoms with Crippen molar-refractivity contribution in [3.63, 3.8) is 0 Å². The van der Waals surface area contributed by atoms with Crippen LogP contribution in [0.15, 0.2) is 71.2 Å². The summed E-state index contributed by atoms with van der Waals surface area (Å²) in [5.74, 6) is -2.45. The molecule has 0 heterocycles. The van der Waals surface area contributed by atoms with E-state index in [0.29, 0.717) is 16.7 Å². The van der Waals surface area contributed by atoms with Gasteiger partial charge in [-0.2, -0.15) is 13.2 Å². The third-order valence-corrected chi connectivity index (χ3v) is 5.27. The molecule has 1 atom stereocenters. The summed E-state index contributed by atoms with van der Waals surface area (Å²) in [5.41, 5.74) is 0.474. The third-order valence-electron chi connectivity index (χ3n) is 4.74. The SMILES string of the molecule is O=C(NC(Cc1ccc(Br)cc1)C(=O)O)c1cc(-c2ccc(C(F)(F)F)cc2)ccc1O. The molecule has 0 aliphatic heterocycles. The largest absolute Gasteiger partial charge is 0.507 e. The Bertz CT molecular complexity index is 1130. The first-order valence-electron chi connectivity index (χ1n) is 9.33. The zero-order valence-electron chi connectivity index (χ0n) is 16.4. The van der Waals surface area contributed by atoms with Crippen molar-refractivity contribution in [2.45, 2.75) is 18.6 Å². The fourth-order valence-electron chi connectivity index (χ4n) is 3.04. The Labute approximate surface area is 189 Å². The van der Waals surface area contributed by atoms with Gasteiger partial charge in [-0.3, -0.25) is 4.79 Å². The Kier molecular flexibility index (Phi) is 6.88. The molecular formula is C23H17BrF3NO4. The Morgan fingerprint density at radius 2 is 1.53 bits per heavy atom. The van der Waals surface area contributed by atoms with Crippen LogP contribution in [-0.2, 0) is 17.4 Å². The van der Waals surface area contributed by atoms with Gasteiger partial charge in [0.15, 0.2) is 0 Å². The van der Waals surface area contributed by atoms with Gasteiger partial charge in [0.25, 0.3) is 5.91 Å². The van der Waals surface area contributed by atoms with Crippen LogP contribution in [0.3, 0.4) is 0 Å². The zero-order chi connectivity index (χ0) is 23.5. The highest BCUT2D eigenvalue weighted by molar-refractivity contribution is 9.10. The average Bonchev–Trinajstić information content (AvgIpc) is 2.74. The smallest absolute Gasteiger partial charge is 0.416 e. The normalized spacial score (nSPS) is 12.2. The Hall–Kier alpha value is -3.33. The summed E-state index contributed by atoms with van der Waals surface area (Å²) < 4.78 is 39.1. The molecule has 0 aliphatic rings. The van der Waals surface area contributed by atoms with Crippen LogP contribution in [-0.4, -0.2) is 28.1 Å². The van der Waals surface area contributed by atoms with E-state index in [1.54, 1.807) is 24.3 Å². The number of benzene rings is 3. The van der Waals surface area contributed by atoms with E-state index in [0.717, 1.165) is 16.6 Å². The van der Waals surface area contributed by atoms with Crippen molar-refractivity contribution in [1.29, 1.82) is 0 Å². The number of amides is 1. The molecule has 0 radical (unpaired) electrons. The summed E-state index contributed by atoms with van der Waals surface area (Å²) in [4.78, 5) is 24.3. The van der Waals surface area contributed by atoms with Gasteiger partial charge in [-0.05, 0) is 53.1 Å². The summed E-state index contributed by atoms with van der Waals surface area (Å²) in [6.45, 7) is 0. The molecule has 9 heteroatoms. The van der Waals surface area contributed by atoms with Gasteiger partial charge < -0.3 is 15.5 Å². The maximum Gasteiger partial charge on any atom is 0.416 e. The van der Waals surface area contributed by atoms with Gasteiger partial charge >= 0.3 is 12.1 Å². The molecule has 32 heavy (non-hydrogen) atoms. The topological polar surface area (TPSA) is 86.6 Å². The van der Waals surface area contributed by atoms with Crippen molar-refractivity contribution >= 4 is 27.8 Å². The fourth-order valence-corrected chi connectivity index (χ4v) is 3.31. The van der Waals surface area contributed by atoms with E-state index in [-0.39, 0.29) is 17.7 Å². The zero-order valence-corrected chi connectivity index (χ0v) is 17.9. The maximum absolute atomic E-state index is 12.8. The molecular weight excluding hydrogens is 491 g/mol. The van der Waals surface area contributed by atoms with Crippen LogP contribution in [0.4, 0.5) is 13.2 Å². The number of phenols is 1.